The van der Waals surface area contributed by atoms with Crippen molar-refractivity contribution in [1.29, 1.82) is 0 Å². The average Bonchev–Trinajstić information content (AvgIpc) is 2.66. The predicted molar refractivity (Wildman–Crippen MR) is 109 cm³/mol. The fraction of sp³-hybridized carbons (Fsp3) is 0.227. The third kappa shape index (κ3) is 4.28. The van der Waals surface area contributed by atoms with Gasteiger partial charge in [0.15, 0.2) is 6.61 Å². The van der Waals surface area contributed by atoms with Gasteiger partial charge in [-0.2, -0.15) is 0 Å². The molecule has 0 saturated carbocycles. The van der Waals surface area contributed by atoms with Crippen molar-refractivity contribution in [3.8, 4) is 5.75 Å². The maximum Gasteiger partial charge on any atom is 0.311 e. The highest BCUT2D eigenvalue weighted by Gasteiger charge is 2.20. The largest absolute Gasteiger partial charge is 0.477 e. The Morgan fingerprint density at radius 1 is 1.11 bits per heavy atom. The molecule has 0 unspecified atom stereocenters. The number of hydrogen-bond acceptors (Lipinski definition) is 4. The van der Waals surface area contributed by atoms with Crippen LogP contribution in [-0.4, -0.2) is 17.4 Å². The molecule has 0 aliphatic rings. The molecule has 0 bridgehead atoms. The first-order valence-electron chi connectivity index (χ1n) is 9.01. The van der Waals surface area contributed by atoms with Crippen molar-refractivity contribution < 1.29 is 14.5 Å². The van der Waals surface area contributed by atoms with Crippen molar-refractivity contribution in [2.45, 2.75) is 26.8 Å². The van der Waals surface area contributed by atoms with E-state index in [0.29, 0.717) is 5.56 Å². The summed E-state index contributed by atoms with van der Waals surface area (Å²) >= 11 is 0. The number of nitro benzene ring substituents is 1. The number of aryl methyl sites for hydroxylation is 2. The molecule has 3 rings (SSSR count). The number of benzene rings is 3. The zero-order chi connectivity index (χ0) is 20.3. The third-order valence-electron chi connectivity index (χ3n) is 4.59. The van der Waals surface area contributed by atoms with Gasteiger partial charge in [0.05, 0.1) is 11.0 Å². The van der Waals surface area contributed by atoms with Crippen molar-refractivity contribution in [3.63, 3.8) is 0 Å². The SMILES string of the molecule is Cc1cc(C)c(OCC(=O)N[C@@H](C)c2ccc3ccccc3c2)c([N+](=O)[O-])c1. The summed E-state index contributed by atoms with van der Waals surface area (Å²) in [6, 6.07) is 17.1. The zero-order valence-corrected chi connectivity index (χ0v) is 16.1. The average molecular weight is 378 g/mol. The van der Waals surface area contributed by atoms with Crippen LogP contribution < -0.4 is 10.1 Å². The summed E-state index contributed by atoms with van der Waals surface area (Å²) in [6.45, 7) is 5.11. The fourth-order valence-corrected chi connectivity index (χ4v) is 3.24. The third-order valence-corrected chi connectivity index (χ3v) is 4.59. The van der Waals surface area contributed by atoms with Crippen molar-refractivity contribution in [1.82, 2.24) is 5.32 Å². The van der Waals surface area contributed by atoms with Crippen LogP contribution in [0.4, 0.5) is 5.69 Å². The lowest BCUT2D eigenvalue weighted by molar-refractivity contribution is -0.385. The first-order chi connectivity index (χ1) is 13.3. The Bertz CT molecular complexity index is 1050. The van der Waals surface area contributed by atoms with Crippen LogP contribution in [0.15, 0.2) is 54.6 Å². The molecule has 0 radical (unpaired) electrons. The fourth-order valence-electron chi connectivity index (χ4n) is 3.24. The van der Waals surface area contributed by atoms with E-state index < -0.39 is 4.92 Å². The van der Waals surface area contributed by atoms with Crippen molar-refractivity contribution in [2.75, 3.05) is 6.61 Å². The molecule has 0 spiro atoms. The highest BCUT2D eigenvalue weighted by atomic mass is 16.6. The molecule has 0 aliphatic carbocycles. The number of fused-ring (bicyclic) bond motifs is 1. The first kappa shape index (κ1) is 19.4. The van der Waals surface area contributed by atoms with E-state index in [0.717, 1.165) is 21.9 Å². The smallest absolute Gasteiger partial charge is 0.311 e. The van der Waals surface area contributed by atoms with Crippen LogP contribution in [0.5, 0.6) is 5.75 Å². The van der Waals surface area contributed by atoms with E-state index in [9.17, 15) is 14.9 Å². The Labute approximate surface area is 163 Å². The minimum absolute atomic E-state index is 0.129. The van der Waals surface area contributed by atoms with Gasteiger partial charge in [-0.05, 0) is 54.3 Å². The lowest BCUT2D eigenvalue weighted by Crippen LogP contribution is -2.31. The second-order valence-electron chi connectivity index (χ2n) is 6.87. The summed E-state index contributed by atoms with van der Waals surface area (Å²) in [6.07, 6.45) is 0. The number of rotatable bonds is 6. The Morgan fingerprint density at radius 2 is 1.82 bits per heavy atom. The minimum Gasteiger partial charge on any atom is -0.477 e. The second-order valence-corrected chi connectivity index (χ2v) is 6.87. The molecule has 1 amide bonds. The Morgan fingerprint density at radius 3 is 2.54 bits per heavy atom. The lowest BCUT2D eigenvalue weighted by atomic mass is 10.0. The van der Waals surface area contributed by atoms with Gasteiger partial charge >= 0.3 is 5.69 Å². The molecule has 28 heavy (non-hydrogen) atoms. The number of nitrogens with zero attached hydrogens (tertiary/aromatic N) is 1. The summed E-state index contributed by atoms with van der Waals surface area (Å²) in [7, 11) is 0. The molecule has 3 aromatic carbocycles. The van der Waals surface area contributed by atoms with Crippen LogP contribution in [0.3, 0.4) is 0 Å². The maximum absolute atomic E-state index is 12.3. The second kappa shape index (κ2) is 8.08. The number of ether oxygens (including phenoxy) is 1. The molecule has 6 nitrogen and oxygen atoms in total. The summed E-state index contributed by atoms with van der Waals surface area (Å²) in [5, 5.41) is 16.4. The lowest BCUT2D eigenvalue weighted by Gasteiger charge is -2.16. The quantitative estimate of drug-likeness (QED) is 0.501. The van der Waals surface area contributed by atoms with Crippen molar-refractivity contribution >= 4 is 22.4 Å². The van der Waals surface area contributed by atoms with Gasteiger partial charge in [0.1, 0.15) is 0 Å². The van der Waals surface area contributed by atoms with Gasteiger partial charge < -0.3 is 10.1 Å². The Hall–Kier alpha value is -3.41. The maximum atomic E-state index is 12.3. The number of hydrogen-bond donors (Lipinski definition) is 1. The van der Waals surface area contributed by atoms with Crippen LogP contribution in [0.2, 0.25) is 0 Å². The summed E-state index contributed by atoms with van der Waals surface area (Å²) in [5.74, 6) is -0.209. The van der Waals surface area contributed by atoms with Crippen molar-refractivity contribution in [2.24, 2.45) is 0 Å². The highest BCUT2D eigenvalue weighted by Crippen LogP contribution is 2.32. The minimum atomic E-state index is -0.495. The van der Waals surface area contributed by atoms with Crippen LogP contribution in [0, 0.1) is 24.0 Å². The van der Waals surface area contributed by atoms with Crippen LogP contribution in [0.25, 0.3) is 10.8 Å². The molecule has 1 N–H and O–H groups in total. The van der Waals surface area contributed by atoms with E-state index in [1.165, 1.54) is 6.07 Å². The van der Waals surface area contributed by atoms with Crippen LogP contribution in [-0.2, 0) is 4.79 Å². The molecule has 0 aliphatic heterocycles. The number of carbonyl (C=O) groups excluding carboxylic acids is 1. The van der Waals surface area contributed by atoms with Gasteiger partial charge in [-0.3, -0.25) is 14.9 Å². The molecule has 0 saturated heterocycles. The number of carbonyl (C=O) groups is 1. The van der Waals surface area contributed by atoms with Crippen LogP contribution >= 0.6 is 0 Å². The summed E-state index contributed by atoms with van der Waals surface area (Å²) in [4.78, 5) is 23.1. The first-order valence-corrected chi connectivity index (χ1v) is 9.01. The standard InChI is InChI=1S/C22H22N2O4/c1-14-10-15(2)22(20(11-14)24(26)27)28-13-21(25)23-16(3)18-9-8-17-6-4-5-7-19(17)12-18/h4-12,16H,13H2,1-3H3,(H,23,25)/t16-/m0/s1. The van der Waals surface area contributed by atoms with E-state index in [1.807, 2.05) is 49.4 Å². The molecular weight excluding hydrogens is 356 g/mol. The van der Waals surface area contributed by atoms with E-state index in [4.69, 9.17) is 4.74 Å². The summed E-state index contributed by atoms with van der Waals surface area (Å²) in [5.41, 5.74) is 2.24. The molecule has 0 fully saturated rings. The predicted octanol–water partition coefficient (Wildman–Crippen LogP) is 4.62. The van der Waals surface area contributed by atoms with Crippen molar-refractivity contribution in [3.05, 3.63) is 81.4 Å². The highest BCUT2D eigenvalue weighted by molar-refractivity contribution is 5.83. The van der Waals surface area contributed by atoms with E-state index in [1.54, 1.807) is 19.9 Å². The normalized spacial score (nSPS) is 11.8. The topological polar surface area (TPSA) is 81.5 Å². The van der Waals surface area contributed by atoms with Gasteiger partial charge in [-0.1, -0.05) is 42.5 Å². The van der Waals surface area contributed by atoms with E-state index >= 15 is 0 Å². The molecule has 144 valence electrons. The monoisotopic (exact) mass is 378 g/mol. The van der Waals surface area contributed by atoms with Gasteiger partial charge in [0, 0.05) is 6.07 Å². The van der Waals surface area contributed by atoms with E-state index in [2.05, 4.69) is 5.32 Å². The van der Waals surface area contributed by atoms with Gasteiger partial charge in [-0.15, -0.1) is 0 Å². The van der Waals surface area contributed by atoms with Gasteiger partial charge in [0.2, 0.25) is 5.75 Å². The molecule has 1 atom stereocenters. The number of nitrogens with one attached hydrogen (secondary N) is 1. The molecule has 6 heteroatoms. The van der Waals surface area contributed by atoms with E-state index in [-0.39, 0.29) is 30.0 Å². The molecule has 0 aromatic heterocycles. The number of nitro groups is 1. The van der Waals surface area contributed by atoms with Crippen LogP contribution in [0.1, 0.15) is 29.7 Å². The van der Waals surface area contributed by atoms with Gasteiger partial charge in [-0.25, -0.2) is 0 Å². The zero-order valence-electron chi connectivity index (χ0n) is 16.1. The Kier molecular flexibility index (Phi) is 5.59. The Balaban J connectivity index is 1.68. The van der Waals surface area contributed by atoms with Gasteiger partial charge in [0.25, 0.3) is 5.91 Å². The molecular formula is C22H22N2O4. The number of amides is 1. The molecule has 0 heterocycles. The summed E-state index contributed by atoms with van der Waals surface area (Å²) < 4.78 is 5.50. The molecule has 3 aromatic rings.